The molecule has 0 spiro atoms. The number of hydrogen-bond acceptors (Lipinski definition) is 5. The summed E-state index contributed by atoms with van der Waals surface area (Å²) in [6, 6.07) is 0. The maximum Gasteiger partial charge on any atom is 0.358 e. The molecule has 1 aromatic rings. The quantitative estimate of drug-likeness (QED) is 0.378. The molecular weight excluding hydrogens is 178 g/mol. The molecule has 1 aromatic heterocycles. The minimum atomic E-state index is -0.699. The predicted molar refractivity (Wildman–Crippen MR) is 40.6 cm³/mol. The van der Waals surface area contributed by atoms with Crippen molar-refractivity contribution < 1.29 is 14.6 Å². The van der Waals surface area contributed by atoms with E-state index in [-0.39, 0.29) is 12.3 Å². The Morgan fingerprint density at radius 2 is 2.54 bits per heavy atom. The van der Waals surface area contributed by atoms with Gasteiger partial charge in [0.15, 0.2) is 17.1 Å². The van der Waals surface area contributed by atoms with E-state index in [2.05, 4.69) is 9.72 Å². The van der Waals surface area contributed by atoms with Gasteiger partial charge in [-0.25, -0.2) is 19.9 Å². The van der Waals surface area contributed by atoms with E-state index in [0.717, 1.165) is 12.5 Å². The smallest absolute Gasteiger partial charge is 0.358 e. The van der Waals surface area contributed by atoms with Crippen LogP contribution >= 0.6 is 0 Å². The molecule has 70 valence electrons. The van der Waals surface area contributed by atoms with Gasteiger partial charge in [0.25, 0.3) is 0 Å². The topological polar surface area (TPSA) is 87.3 Å². The third kappa shape index (κ3) is 2.01. The fraction of sp³-hybridized carbons (Fsp3) is 0.333. The van der Waals surface area contributed by atoms with Gasteiger partial charge in [0.1, 0.15) is 6.20 Å². The van der Waals surface area contributed by atoms with Crippen molar-refractivity contribution in [3.63, 3.8) is 0 Å². The summed E-state index contributed by atoms with van der Waals surface area (Å²) in [6.45, 7) is 1.85. The maximum atomic E-state index is 11.0. The average Bonchev–Trinajstić information content (AvgIpc) is 2.52. The number of imidazole rings is 1. The van der Waals surface area contributed by atoms with Crippen LogP contribution in [-0.2, 0) is 4.74 Å². The minimum absolute atomic E-state index is 0.0708. The molecule has 7 heteroatoms. The van der Waals surface area contributed by atoms with Crippen LogP contribution in [0.3, 0.4) is 0 Å². The SMILES string of the molecule is CCOC(=O)c1cn([N+](=O)[O-])cn1. The molecule has 0 aliphatic heterocycles. The number of nitro groups is 1. The Labute approximate surface area is 73.1 Å². The predicted octanol–water partition coefficient (Wildman–Crippen LogP) is 0.0996. The molecule has 7 nitrogen and oxygen atoms in total. The third-order valence-corrected chi connectivity index (χ3v) is 1.24. The highest BCUT2D eigenvalue weighted by molar-refractivity contribution is 5.86. The first-order valence-corrected chi connectivity index (χ1v) is 3.51. The number of hydrogen-bond donors (Lipinski definition) is 0. The molecule has 0 N–H and O–H groups in total. The van der Waals surface area contributed by atoms with Crippen molar-refractivity contribution in [1.82, 2.24) is 9.66 Å². The van der Waals surface area contributed by atoms with E-state index in [9.17, 15) is 14.9 Å². The Balaban J connectivity index is 2.79. The summed E-state index contributed by atoms with van der Waals surface area (Å²) in [5, 5.41) is 9.47. The van der Waals surface area contributed by atoms with Gasteiger partial charge in [-0.2, -0.15) is 0 Å². The Morgan fingerprint density at radius 3 is 3.00 bits per heavy atom. The van der Waals surface area contributed by atoms with E-state index < -0.39 is 11.0 Å². The number of carbonyl (C=O) groups is 1. The Bertz CT molecular complexity index is 332. The zero-order chi connectivity index (χ0) is 9.84. The second-order valence-electron chi connectivity index (χ2n) is 2.10. The molecular formula is C6H7N3O4. The Morgan fingerprint density at radius 1 is 1.85 bits per heavy atom. The zero-order valence-corrected chi connectivity index (χ0v) is 6.84. The number of carbonyl (C=O) groups excluding carboxylic acids is 1. The zero-order valence-electron chi connectivity index (χ0n) is 6.84. The molecule has 0 aromatic carbocycles. The summed E-state index contributed by atoms with van der Waals surface area (Å²) in [4.78, 5) is 24.6. The van der Waals surface area contributed by atoms with Crippen LogP contribution in [0.25, 0.3) is 0 Å². The molecule has 1 rings (SSSR count). The van der Waals surface area contributed by atoms with Crippen LogP contribution in [0.4, 0.5) is 0 Å². The fourth-order valence-electron chi connectivity index (χ4n) is 0.713. The minimum Gasteiger partial charge on any atom is -0.461 e. The molecule has 0 atom stereocenters. The normalized spacial score (nSPS) is 9.62. The largest absolute Gasteiger partial charge is 0.461 e. The van der Waals surface area contributed by atoms with Crippen molar-refractivity contribution >= 4 is 5.97 Å². The first-order chi connectivity index (χ1) is 6.15. The molecule has 13 heavy (non-hydrogen) atoms. The van der Waals surface area contributed by atoms with E-state index in [1.807, 2.05) is 0 Å². The maximum absolute atomic E-state index is 11.0. The Kier molecular flexibility index (Phi) is 2.58. The van der Waals surface area contributed by atoms with Crippen LogP contribution in [0.2, 0.25) is 0 Å². The van der Waals surface area contributed by atoms with E-state index >= 15 is 0 Å². The van der Waals surface area contributed by atoms with Crippen molar-refractivity contribution in [2.45, 2.75) is 6.92 Å². The van der Waals surface area contributed by atoms with Crippen LogP contribution in [0.15, 0.2) is 12.5 Å². The van der Waals surface area contributed by atoms with Gasteiger partial charge in [-0.3, -0.25) is 0 Å². The summed E-state index contributed by atoms with van der Waals surface area (Å²) in [5.74, 6) is -0.664. The van der Waals surface area contributed by atoms with Crippen molar-refractivity contribution in [3.8, 4) is 0 Å². The van der Waals surface area contributed by atoms with Crippen molar-refractivity contribution in [2.24, 2.45) is 0 Å². The number of ether oxygens (including phenoxy) is 1. The van der Waals surface area contributed by atoms with Gasteiger partial charge in [0, 0.05) is 0 Å². The fourth-order valence-corrected chi connectivity index (χ4v) is 0.713. The van der Waals surface area contributed by atoms with E-state index in [1.165, 1.54) is 0 Å². The van der Waals surface area contributed by atoms with E-state index in [1.54, 1.807) is 6.92 Å². The monoisotopic (exact) mass is 185 g/mol. The van der Waals surface area contributed by atoms with Gasteiger partial charge >= 0.3 is 5.97 Å². The summed E-state index contributed by atoms with van der Waals surface area (Å²) in [5.41, 5.74) is -0.0708. The number of rotatable bonds is 3. The van der Waals surface area contributed by atoms with Crippen molar-refractivity contribution in [1.29, 1.82) is 0 Å². The molecule has 0 saturated carbocycles. The highest BCUT2D eigenvalue weighted by atomic mass is 16.7. The van der Waals surface area contributed by atoms with Gasteiger partial charge in [-0.15, -0.1) is 0 Å². The van der Waals surface area contributed by atoms with E-state index in [0.29, 0.717) is 4.68 Å². The first-order valence-electron chi connectivity index (χ1n) is 3.51. The van der Waals surface area contributed by atoms with Crippen LogP contribution in [0.5, 0.6) is 0 Å². The lowest BCUT2D eigenvalue weighted by Crippen LogP contribution is -2.07. The second kappa shape index (κ2) is 3.65. The van der Waals surface area contributed by atoms with Crippen LogP contribution in [0.1, 0.15) is 17.4 Å². The lowest BCUT2D eigenvalue weighted by atomic mass is 10.5. The molecule has 0 bridgehead atoms. The van der Waals surface area contributed by atoms with Gasteiger partial charge in [0.2, 0.25) is 0 Å². The van der Waals surface area contributed by atoms with E-state index in [4.69, 9.17) is 0 Å². The summed E-state index contributed by atoms with van der Waals surface area (Å²) in [6.07, 6.45) is 1.93. The van der Waals surface area contributed by atoms with Crippen molar-refractivity contribution in [2.75, 3.05) is 6.61 Å². The summed E-state index contributed by atoms with van der Waals surface area (Å²) in [7, 11) is 0. The number of nitrogens with zero attached hydrogens (tertiary/aromatic N) is 3. The summed E-state index contributed by atoms with van der Waals surface area (Å²) >= 11 is 0. The van der Waals surface area contributed by atoms with Crippen LogP contribution in [-0.4, -0.2) is 27.3 Å². The molecule has 0 amide bonds. The lowest BCUT2D eigenvalue weighted by molar-refractivity contribution is -0.542. The number of esters is 1. The first kappa shape index (κ1) is 9.17. The molecule has 0 radical (unpaired) electrons. The molecule has 1 heterocycles. The standard InChI is InChI=1S/C6H7N3O4/c1-2-13-6(10)5-3-8(4-7-5)9(11)12/h3-4H,2H2,1H3. The summed E-state index contributed by atoms with van der Waals surface area (Å²) < 4.78 is 5.17. The number of aromatic nitrogens is 2. The highest BCUT2D eigenvalue weighted by Crippen LogP contribution is 1.98. The average molecular weight is 185 g/mol. The molecule has 0 saturated heterocycles. The van der Waals surface area contributed by atoms with Crippen molar-refractivity contribution in [3.05, 3.63) is 28.3 Å². The van der Waals surface area contributed by atoms with Crippen LogP contribution in [0, 0.1) is 10.1 Å². The molecule has 0 aliphatic carbocycles. The second-order valence-corrected chi connectivity index (χ2v) is 2.10. The third-order valence-electron chi connectivity index (χ3n) is 1.24. The lowest BCUT2D eigenvalue weighted by Gasteiger charge is -1.94. The molecule has 0 fully saturated rings. The molecule has 0 aliphatic rings. The molecule has 0 unspecified atom stereocenters. The van der Waals surface area contributed by atoms with Gasteiger partial charge in [-0.05, 0) is 6.92 Å². The van der Waals surface area contributed by atoms with Gasteiger partial charge in [0.05, 0.1) is 6.61 Å². The van der Waals surface area contributed by atoms with Gasteiger partial charge < -0.3 is 4.74 Å². The van der Waals surface area contributed by atoms with Gasteiger partial charge in [-0.1, -0.05) is 4.68 Å². The Hall–Kier alpha value is -1.92. The highest BCUT2D eigenvalue weighted by Gasteiger charge is 2.13. The van der Waals surface area contributed by atoms with Crippen LogP contribution < -0.4 is 0 Å².